The monoisotopic (exact) mass is 273 g/mol. The maximum atomic E-state index is 13.7. The molecule has 0 saturated heterocycles. The number of hydrogen-bond donors (Lipinski definition) is 2. The number of carbonyl (C=O) groups is 1. The van der Waals surface area contributed by atoms with Crippen molar-refractivity contribution in [2.24, 2.45) is 0 Å². The van der Waals surface area contributed by atoms with Crippen LogP contribution in [0.3, 0.4) is 0 Å². The molecule has 106 valence electrons. The van der Waals surface area contributed by atoms with E-state index in [-0.39, 0.29) is 19.4 Å². The summed E-state index contributed by atoms with van der Waals surface area (Å²) in [5.41, 5.74) is -2.15. The van der Waals surface area contributed by atoms with Crippen molar-refractivity contribution in [2.75, 3.05) is 6.54 Å². The van der Waals surface area contributed by atoms with Gasteiger partial charge in [-0.3, -0.25) is 4.79 Å². The van der Waals surface area contributed by atoms with Crippen molar-refractivity contribution in [2.45, 2.75) is 43.8 Å². The number of halogens is 2. The van der Waals surface area contributed by atoms with E-state index in [0.29, 0.717) is 19.4 Å². The zero-order valence-corrected chi connectivity index (χ0v) is 10.5. The molecule has 0 aromatic carbocycles. The molecular weight excluding hydrogens is 256 g/mol. The molecule has 0 radical (unpaired) electrons. The Morgan fingerprint density at radius 3 is 2.79 bits per heavy atom. The molecule has 7 heteroatoms. The highest BCUT2D eigenvalue weighted by atomic mass is 19.3. The fourth-order valence-electron chi connectivity index (χ4n) is 2.03. The van der Waals surface area contributed by atoms with Gasteiger partial charge in [-0.15, -0.1) is 0 Å². The molecule has 1 aromatic rings. The summed E-state index contributed by atoms with van der Waals surface area (Å²) >= 11 is 0. The average molecular weight is 273 g/mol. The van der Waals surface area contributed by atoms with Gasteiger partial charge in [0.05, 0.1) is 6.33 Å². The van der Waals surface area contributed by atoms with Gasteiger partial charge < -0.3 is 15.0 Å². The predicted octanol–water partition coefficient (Wildman–Crippen LogP) is 0.940. The van der Waals surface area contributed by atoms with Gasteiger partial charge in [0, 0.05) is 25.5 Å². The van der Waals surface area contributed by atoms with Crippen molar-refractivity contribution in [3.8, 4) is 0 Å². The molecule has 1 amide bonds. The quantitative estimate of drug-likeness (QED) is 0.758. The molecular formula is C12H17F2N3O2. The van der Waals surface area contributed by atoms with Gasteiger partial charge in [-0.2, -0.15) is 8.78 Å². The Labute approximate surface area is 109 Å². The highest BCUT2D eigenvalue weighted by Gasteiger charge is 2.60. The lowest BCUT2D eigenvalue weighted by Gasteiger charge is -2.41. The molecule has 1 saturated carbocycles. The summed E-state index contributed by atoms with van der Waals surface area (Å²) in [5.74, 6) is -5.10. The maximum Gasteiger partial charge on any atom is 0.352 e. The number of alkyl halides is 2. The summed E-state index contributed by atoms with van der Waals surface area (Å²) in [4.78, 5) is 15.3. The smallest absolute Gasteiger partial charge is 0.352 e. The van der Waals surface area contributed by atoms with Gasteiger partial charge >= 0.3 is 5.92 Å². The van der Waals surface area contributed by atoms with E-state index in [0.717, 1.165) is 0 Å². The average Bonchev–Trinajstić information content (AvgIpc) is 2.84. The van der Waals surface area contributed by atoms with Crippen LogP contribution in [0.25, 0.3) is 0 Å². The zero-order chi connectivity index (χ0) is 13.9. The third-order valence-electron chi connectivity index (χ3n) is 3.49. The van der Waals surface area contributed by atoms with Crippen LogP contribution < -0.4 is 5.32 Å². The van der Waals surface area contributed by atoms with Crippen molar-refractivity contribution < 1.29 is 18.7 Å². The lowest BCUT2D eigenvalue weighted by atomic mass is 9.75. The molecule has 5 nitrogen and oxygen atoms in total. The largest absolute Gasteiger partial charge is 0.383 e. The second-order valence-corrected chi connectivity index (χ2v) is 4.87. The van der Waals surface area contributed by atoms with E-state index >= 15 is 0 Å². The number of imidazole rings is 1. The van der Waals surface area contributed by atoms with E-state index < -0.39 is 17.4 Å². The molecule has 0 bridgehead atoms. The Kier molecular flexibility index (Phi) is 3.84. The lowest BCUT2D eigenvalue weighted by molar-refractivity contribution is -0.215. The number of carbonyl (C=O) groups excluding carboxylic acids is 1. The fourth-order valence-corrected chi connectivity index (χ4v) is 2.03. The molecule has 19 heavy (non-hydrogen) atoms. The van der Waals surface area contributed by atoms with Crippen molar-refractivity contribution in [3.63, 3.8) is 0 Å². The number of aromatic nitrogens is 2. The van der Waals surface area contributed by atoms with E-state index in [4.69, 9.17) is 0 Å². The molecule has 1 heterocycles. The van der Waals surface area contributed by atoms with Gasteiger partial charge in [-0.1, -0.05) is 0 Å². The summed E-state index contributed by atoms with van der Waals surface area (Å²) in [7, 11) is 0. The minimum atomic E-state index is -3.71. The van der Waals surface area contributed by atoms with Crippen molar-refractivity contribution in [1.29, 1.82) is 0 Å². The summed E-state index contributed by atoms with van der Waals surface area (Å²) in [6, 6.07) is 0. The highest BCUT2D eigenvalue weighted by Crippen LogP contribution is 2.44. The number of rotatable bonds is 6. The normalized spacial score (nSPS) is 17.8. The molecule has 0 spiro atoms. The van der Waals surface area contributed by atoms with Gasteiger partial charge in [0.2, 0.25) is 0 Å². The van der Waals surface area contributed by atoms with Crippen molar-refractivity contribution in [1.82, 2.24) is 14.9 Å². The van der Waals surface area contributed by atoms with Gasteiger partial charge in [0.25, 0.3) is 5.91 Å². The van der Waals surface area contributed by atoms with Gasteiger partial charge in [0.15, 0.2) is 0 Å². The van der Waals surface area contributed by atoms with E-state index in [1.807, 2.05) is 0 Å². The number of aliphatic hydroxyl groups is 1. The van der Waals surface area contributed by atoms with Crippen LogP contribution >= 0.6 is 0 Å². The third-order valence-corrected chi connectivity index (χ3v) is 3.49. The maximum absolute atomic E-state index is 13.7. The number of nitrogens with zero attached hydrogens (tertiary/aromatic N) is 2. The van der Waals surface area contributed by atoms with Crippen LogP contribution in [-0.4, -0.2) is 38.6 Å². The number of nitrogens with one attached hydrogen (secondary N) is 1. The Morgan fingerprint density at radius 2 is 2.26 bits per heavy atom. The Bertz CT molecular complexity index is 430. The summed E-state index contributed by atoms with van der Waals surface area (Å²) in [5, 5.41) is 11.8. The van der Waals surface area contributed by atoms with Crippen LogP contribution in [0, 0.1) is 0 Å². The number of aryl methyl sites for hydroxylation is 1. The molecule has 1 aromatic heterocycles. The topological polar surface area (TPSA) is 67.2 Å². The second-order valence-electron chi connectivity index (χ2n) is 4.87. The first kappa shape index (κ1) is 13.9. The number of amides is 1. The predicted molar refractivity (Wildman–Crippen MR) is 63.6 cm³/mol. The summed E-state index contributed by atoms with van der Waals surface area (Å²) in [6.45, 7) is 0.735. The summed E-state index contributed by atoms with van der Waals surface area (Å²) < 4.78 is 29.1. The van der Waals surface area contributed by atoms with Crippen LogP contribution in [0.1, 0.15) is 25.7 Å². The molecule has 0 unspecified atom stereocenters. The van der Waals surface area contributed by atoms with Gasteiger partial charge in [0.1, 0.15) is 5.60 Å². The Balaban J connectivity index is 1.74. The Hall–Kier alpha value is -1.50. The minimum absolute atomic E-state index is 0.0253. The molecule has 0 aliphatic heterocycles. The van der Waals surface area contributed by atoms with E-state index in [1.165, 1.54) is 0 Å². The lowest BCUT2D eigenvalue weighted by Crippen LogP contribution is -2.60. The van der Waals surface area contributed by atoms with Crippen LogP contribution in [0.4, 0.5) is 8.78 Å². The minimum Gasteiger partial charge on any atom is -0.383 e. The highest BCUT2D eigenvalue weighted by molar-refractivity contribution is 5.85. The van der Waals surface area contributed by atoms with Gasteiger partial charge in [-0.25, -0.2) is 4.98 Å². The van der Waals surface area contributed by atoms with Crippen LogP contribution in [-0.2, 0) is 11.3 Å². The third kappa shape index (κ3) is 2.75. The first-order chi connectivity index (χ1) is 8.96. The van der Waals surface area contributed by atoms with Crippen LogP contribution in [0.15, 0.2) is 18.7 Å². The first-order valence-electron chi connectivity index (χ1n) is 6.30. The fraction of sp³-hybridized carbons (Fsp3) is 0.667. The summed E-state index contributed by atoms with van der Waals surface area (Å²) in [6.07, 6.45) is 6.00. The second kappa shape index (κ2) is 5.24. The van der Waals surface area contributed by atoms with Crippen molar-refractivity contribution in [3.05, 3.63) is 18.7 Å². The molecule has 1 aliphatic carbocycles. The number of hydrogen-bond acceptors (Lipinski definition) is 3. The SMILES string of the molecule is O=C(NCCCn1ccnc1)C(F)(F)C1(O)CCC1. The van der Waals surface area contributed by atoms with Crippen LogP contribution in [0.2, 0.25) is 0 Å². The standard InChI is InChI=1S/C12H17F2N3O2/c13-12(14,11(19)3-1-4-11)10(18)16-5-2-7-17-8-6-15-9-17/h6,8-9,19H,1-5,7H2,(H,16,18). The first-order valence-corrected chi connectivity index (χ1v) is 6.30. The van der Waals surface area contributed by atoms with E-state index in [1.54, 1.807) is 23.3 Å². The molecule has 2 rings (SSSR count). The van der Waals surface area contributed by atoms with E-state index in [2.05, 4.69) is 10.3 Å². The molecule has 2 N–H and O–H groups in total. The van der Waals surface area contributed by atoms with Crippen LogP contribution in [0.5, 0.6) is 0 Å². The molecule has 1 aliphatic rings. The molecule has 1 fully saturated rings. The van der Waals surface area contributed by atoms with Crippen molar-refractivity contribution >= 4 is 5.91 Å². The zero-order valence-electron chi connectivity index (χ0n) is 10.5. The Morgan fingerprint density at radius 1 is 1.53 bits per heavy atom. The molecule has 0 atom stereocenters. The van der Waals surface area contributed by atoms with E-state index in [9.17, 15) is 18.7 Å². The van der Waals surface area contributed by atoms with Gasteiger partial charge in [-0.05, 0) is 25.7 Å².